The van der Waals surface area contributed by atoms with Gasteiger partial charge in [-0.3, -0.25) is 10.1 Å². The van der Waals surface area contributed by atoms with Gasteiger partial charge in [0.2, 0.25) is 0 Å². The minimum Gasteiger partial charge on any atom is -0.480 e. The highest BCUT2D eigenvalue weighted by Crippen LogP contribution is 2.22. The number of hydrogen-bond acceptors (Lipinski definition) is 5. The molecule has 1 saturated heterocycles. The van der Waals surface area contributed by atoms with Crippen molar-refractivity contribution in [3.63, 3.8) is 0 Å². The highest BCUT2D eigenvalue weighted by atomic mass is 16.6. The van der Waals surface area contributed by atoms with Crippen LogP contribution in [0, 0.1) is 0 Å². The third-order valence-electron chi connectivity index (χ3n) is 2.36. The molecule has 0 bridgehead atoms. The number of ether oxygens (including phenoxy) is 1. The Hall–Kier alpha value is -2.12. The lowest BCUT2D eigenvalue weighted by atomic mass is 10.2. The normalized spacial score (nSPS) is 21.3. The maximum atomic E-state index is 10.8. The van der Waals surface area contributed by atoms with Crippen LogP contribution in [0.5, 0.6) is 0 Å². The van der Waals surface area contributed by atoms with Gasteiger partial charge in [0.1, 0.15) is 0 Å². The summed E-state index contributed by atoms with van der Waals surface area (Å²) in [6, 6.07) is 6.30. The van der Waals surface area contributed by atoms with Gasteiger partial charge in [-0.2, -0.15) is 0 Å². The molecule has 0 spiro atoms. The monoisotopic (exact) mass is 252 g/mol. The van der Waals surface area contributed by atoms with Gasteiger partial charge in [0.15, 0.2) is 12.5 Å². The van der Waals surface area contributed by atoms with E-state index in [9.17, 15) is 9.59 Å². The number of nitrogens with one attached hydrogen (secondary N) is 2. The summed E-state index contributed by atoms with van der Waals surface area (Å²) in [5.41, 5.74) is 0.787. The van der Waals surface area contributed by atoms with E-state index in [1.165, 1.54) is 12.1 Å². The zero-order valence-corrected chi connectivity index (χ0v) is 9.29. The molecule has 96 valence electrons. The number of aliphatic carboxylic acids is 1. The van der Waals surface area contributed by atoms with Gasteiger partial charge in [-0.1, -0.05) is 6.07 Å². The minimum absolute atomic E-state index is 0.177. The summed E-state index contributed by atoms with van der Waals surface area (Å²) in [4.78, 5) is 21.1. The number of carboxylic acids is 2. The molecule has 0 aromatic heterocycles. The fourth-order valence-electron chi connectivity index (χ4n) is 1.47. The predicted octanol–water partition coefficient (Wildman–Crippen LogP) is 0.153. The SMILES string of the molecule is O=C(O)CNC1OC1Nc1cccc(C(=O)O)c1. The van der Waals surface area contributed by atoms with Gasteiger partial charge in [0.25, 0.3) is 0 Å². The second kappa shape index (κ2) is 5.03. The fraction of sp³-hybridized carbons (Fsp3) is 0.273. The Labute approximate surface area is 102 Å². The van der Waals surface area contributed by atoms with Crippen molar-refractivity contribution in [1.29, 1.82) is 0 Å². The van der Waals surface area contributed by atoms with Crippen molar-refractivity contribution >= 4 is 17.6 Å². The van der Waals surface area contributed by atoms with E-state index in [1.807, 2.05) is 0 Å². The lowest BCUT2D eigenvalue weighted by Gasteiger charge is -2.04. The van der Waals surface area contributed by atoms with E-state index < -0.39 is 11.9 Å². The summed E-state index contributed by atoms with van der Waals surface area (Å²) in [6.07, 6.45) is -0.706. The number of carboxylic acid groups (broad SMARTS) is 2. The Morgan fingerprint density at radius 1 is 1.28 bits per heavy atom. The molecule has 1 aromatic carbocycles. The van der Waals surface area contributed by atoms with Gasteiger partial charge in [-0.05, 0) is 18.2 Å². The minimum atomic E-state index is -1.00. The molecule has 1 aliphatic heterocycles. The standard InChI is InChI=1S/C11H12N2O5/c14-8(15)5-12-9-10(18-9)13-7-3-1-2-6(4-7)11(16)17/h1-4,9-10,12-13H,5H2,(H,14,15)(H,16,17). The van der Waals surface area contributed by atoms with E-state index in [1.54, 1.807) is 12.1 Å². The van der Waals surface area contributed by atoms with Crippen LogP contribution in [0.25, 0.3) is 0 Å². The topological polar surface area (TPSA) is 111 Å². The van der Waals surface area contributed by atoms with Crippen molar-refractivity contribution in [1.82, 2.24) is 5.32 Å². The molecular formula is C11H12N2O5. The molecule has 7 heteroatoms. The van der Waals surface area contributed by atoms with Gasteiger partial charge in [0, 0.05) is 5.69 Å². The third kappa shape index (κ3) is 3.19. The van der Waals surface area contributed by atoms with Gasteiger partial charge in [-0.25, -0.2) is 4.79 Å². The van der Waals surface area contributed by atoms with Crippen LogP contribution in [-0.4, -0.2) is 41.2 Å². The van der Waals surface area contributed by atoms with Crippen LogP contribution in [-0.2, 0) is 9.53 Å². The van der Waals surface area contributed by atoms with Crippen LogP contribution in [0.2, 0.25) is 0 Å². The zero-order chi connectivity index (χ0) is 13.1. The molecule has 0 amide bonds. The first-order valence-corrected chi connectivity index (χ1v) is 5.27. The van der Waals surface area contributed by atoms with Crippen molar-refractivity contribution in [2.75, 3.05) is 11.9 Å². The molecule has 1 heterocycles. The number of benzene rings is 1. The number of hydrogen-bond donors (Lipinski definition) is 4. The second-order valence-electron chi connectivity index (χ2n) is 3.78. The highest BCUT2D eigenvalue weighted by Gasteiger charge is 2.38. The Kier molecular flexibility index (Phi) is 3.45. The molecular weight excluding hydrogens is 240 g/mol. The van der Waals surface area contributed by atoms with Gasteiger partial charge in [-0.15, -0.1) is 0 Å². The largest absolute Gasteiger partial charge is 0.480 e. The van der Waals surface area contributed by atoms with Crippen LogP contribution in [0.3, 0.4) is 0 Å². The average molecular weight is 252 g/mol. The van der Waals surface area contributed by atoms with Crippen molar-refractivity contribution in [3.8, 4) is 0 Å². The van der Waals surface area contributed by atoms with E-state index in [-0.39, 0.29) is 24.6 Å². The molecule has 0 aliphatic carbocycles. The predicted molar refractivity (Wildman–Crippen MR) is 61.3 cm³/mol. The molecule has 1 fully saturated rings. The summed E-state index contributed by atoms with van der Waals surface area (Å²) >= 11 is 0. The maximum Gasteiger partial charge on any atom is 0.335 e. The lowest BCUT2D eigenvalue weighted by Crippen LogP contribution is -2.28. The summed E-state index contributed by atoms with van der Waals surface area (Å²) in [5.74, 6) is -1.96. The first-order valence-electron chi connectivity index (χ1n) is 5.27. The Morgan fingerprint density at radius 2 is 2.06 bits per heavy atom. The van der Waals surface area contributed by atoms with E-state index in [0.717, 1.165) is 0 Å². The molecule has 2 atom stereocenters. The Balaban J connectivity index is 1.86. The van der Waals surface area contributed by atoms with E-state index in [4.69, 9.17) is 14.9 Å². The molecule has 1 aliphatic rings. The van der Waals surface area contributed by atoms with Crippen LogP contribution in [0.1, 0.15) is 10.4 Å². The molecule has 2 rings (SSSR count). The van der Waals surface area contributed by atoms with Gasteiger partial charge < -0.3 is 20.3 Å². The van der Waals surface area contributed by atoms with E-state index in [2.05, 4.69) is 10.6 Å². The number of anilines is 1. The number of carbonyl (C=O) groups is 2. The Bertz CT molecular complexity index is 476. The smallest absolute Gasteiger partial charge is 0.335 e. The first-order chi connectivity index (χ1) is 8.56. The van der Waals surface area contributed by atoms with Crippen LogP contribution >= 0.6 is 0 Å². The summed E-state index contributed by atoms with van der Waals surface area (Å²) in [7, 11) is 0. The van der Waals surface area contributed by atoms with E-state index in [0.29, 0.717) is 5.69 Å². The zero-order valence-electron chi connectivity index (χ0n) is 9.29. The second-order valence-corrected chi connectivity index (χ2v) is 3.78. The van der Waals surface area contributed by atoms with Crippen LogP contribution in [0.4, 0.5) is 5.69 Å². The number of epoxide rings is 1. The fourth-order valence-corrected chi connectivity index (χ4v) is 1.47. The van der Waals surface area contributed by atoms with Crippen molar-refractivity contribution in [3.05, 3.63) is 29.8 Å². The quantitative estimate of drug-likeness (QED) is 0.533. The van der Waals surface area contributed by atoms with Gasteiger partial charge in [0.05, 0.1) is 12.1 Å². The molecule has 0 saturated carbocycles. The van der Waals surface area contributed by atoms with Crippen molar-refractivity contribution in [2.24, 2.45) is 0 Å². The summed E-state index contributed by atoms with van der Waals surface area (Å²) in [5, 5.41) is 22.9. The third-order valence-corrected chi connectivity index (χ3v) is 2.36. The maximum absolute atomic E-state index is 10.8. The van der Waals surface area contributed by atoms with Crippen molar-refractivity contribution < 1.29 is 24.5 Å². The molecule has 18 heavy (non-hydrogen) atoms. The van der Waals surface area contributed by atoms with Crippen LogP contribution in [0.15, 0.2) is 24.3 Å². The van der Waals surface area contributed by atoms with E-state index >= 15 is 0 Å². The summed E-state index contributed by atoms with van der Waals surface area (Å²) < 4.78 is 5.14. The Morgan fingerprint density at radius 3 is 2.72 bits per heavy atom. The molecule has 7 nitrogen and oxygen atoms in total. The molecule has 2 unspecified atom stereocenters. The van der Waals surface area contributed by atoms with Crippen LogP contribution < -0.4 is 10.6 Å². The molecule has 0 radical (unpaired) electrons. The van der Waals surface area contributed by atoms with Gasteiger partial charge >= 0.3 is 11.9 Å². The van der Waals surface area contributed by atoms with Crippen molar-refractivity contribution in [2.45, 2.75) is 12.5 Å². The highest BCUT2D eigenvalue weighted by molar-refractivity contribution is 5.88. The molecule has 4 N–H and O–H groups in total. The number of rotatable bonds is 6. The first kappa shape index (κ1) is 12.3. The summed E-state index contributed by atoms with van der Waals surface area (Å²) in [6.45, 7) is -0.183. The molecule has 1 aromatic rings. The average Bonchev–Trinajstić information content (AvgIpc) is 3.05. The number of aromatic carboxylic acids is 1. The lowest BCUT2D eigenvalue weighted by molar-refractivity contribution is -0.136.